The molecule has 0 aliphatic carbocycles. The Balaban J connectivity index is 0.00000900. The monoisotopic (exact) mass is 482 g/mol. The van der Waals surface area contributed by atoms with Crippen LogP contribution < -0.4 is 19.9 Å². The van der Waals surface area contributed by atoms with Crippen LogP contribution in [0.15, 0.2) is 18.2 Å². The van der Waals surface area contributed by atoms with Crippen molar-refractivity contribution >= 4 is 22.4 Å². The largest absolute Gasteiger partial charge is 0.493 e. The van der Waals surface area contributed by atoms with E-state index in [0.29, 0.717) is 37.1 Å². The predicted molar refractivity (Wildman–Crippen MR) is 126 cm³/mol. The Morgan fingerprint density at radius 1 is 1.16 bits per heavy atom. The van der Waals surface area contributed by atoms with Crippen LogP contribution in [0.4, 0.5) is 0 Å². The first-order chi connectivity index (χ1) is 14.1. The summed E-state index contributed by atoms with van der Waals surface area (Å²) in [5.74, 6) is 1.91. The number of sulfonamides is 1. The summed E-state index contributed by atoms with van der Waals surface area (Å²) in [5.41, 5.74) is 7.26. The highest BCUT2D eigenvalue weighted by atomic mass is 35.5. The molecule has 1 aromatic carbocycles. The van der Waals surface area contributed by atoms with E-state index in [4.69, 9.17) is 19.9 Å². The fraction of sp³-hybridized carbons (Fsp3) is 0.714. The molecule has 0 radical (unpaired) electrons. The van der Waals surface area contributed by atoms with Crippen LogP contribution >= 0.6 is 12.4 Å². The van der Waals surface area contributed by atoms with Gasteiger partial charge in [-0.25, -0.2) is 13.1 Å². The third-order valence-corrected chi connectivity index (χ3v) is 5.73. The highest BCUT2D eigenvalue weighted by Crippen LogP contribution is 2.31. The summed E-state index contributed by atoms with van der Waals surface area (Å²) in [5, 5.41) is 10.2. The van der Waals surface area contributed by atoms with Gasteiger partial charge in [0.2, 0.25) is 10.0 Å². The van der Waals surface area contributed by atoms with Gasteiger partial charge in [-0.2, -0.15) is 0 Å². The van der Waals surface area contributed by atoms with Crippen molar-refractivity contribution in [2.75, 3.05) is 40.2 Å². The number of aliphatic hydroxyl groups is 1. The number of ether oxygens (including phenoxy) is 3. The van der Waals surface area contributed by atoms with E-state index in [9.17, 15) is 13.5 Å². The lowest BCUT2D eigenvalue weighted by molar-refractivity contribution is 0.129. The van der Waals surface area contributed by atoms with Gasteiger partial charge >= 0.3 is 0 Å². The number of methoxy groups -OCH3 is 2. The molecule has 4 N–H and O–H groups in total. The number of hydrogen-bond donors (Lipinski definition) is 3. The Labute approximate surface area is 193 Å². The first-order valence-corrected chi connectivity index (χ1v) is 12.1. The van der Waals surface area contributed by atoms with Crippen molar-refractivity contribution in [1.29, 1.82) is 0 Å². The maximum Gasteiger partial charge on any atom is 0.208 e. The second-order valence-electron chi connectivity index (χ2n) is 7.98. The van der Waals surface area contributed by atoms with Crippen LogP contribution in [0.3, 0.4) is 0 Å². The molecule has 0 fully saturated rings. The Kier molecular flexibility index (Phi) is 14.3. The molecule has 1 rings (SSSR count). The van der Waals surface area contributed by atoms with Crippen LogP contribution in [0.5, 0.6) is 11.5 Å². The zero-order chi connectivity index (χ0) is 22.7. The Morgan fingerprint density at radius 2 is 1.84 bits per heavy atom. The van der Waals surface area contributed by atoms with E-state index in [2.05, 4.69) is 18.6 Å². The van der Waals surface area contributed by atoms with Crippen molar-refractivity contribution in [2.24, 2.45) is 17.6 Å². The summed E-state index contributed by atoms with van der Waals surface area (Å²) in [4.78, 5) is 0. The summed E-state index contributed by atoms with van der Waals surface area (Å²) >= 11 is 0. The van der Waals surface area contributed by atoms with Crippen molar-refractivity contribution in [3.05, 3.63) is 23.8 Å². The molecular formula is C21H39ClN2O6S. The van der Waals surface area contributed by atoms with Gasteiger partial charge in [-0.3, -0.25) is 0 Å². The molecule has 10 heteroatoms. The van der Waals surface area contributed by atoms with Crippen molar-refractivity contribution < 1.29 is 27.7 Å². The minimum absolute atomic E-state index is 0. The second kappa shape index (κ2) is 14.9. The zero-order valence-corrected chi connectivity index (χ0v) is 20.8. The molecule has 3 unspecified atom stereocenters. The van der Waals surface area contributed by atoms with Gasteiger partial charge in [-0.15, -0.1) is 12.4 Å². The molecule has 8 nitrogen and oxygen atoms in total. The van der Waals surface area contributed by atoms with E-state index in [-0.39, 0.29) is 24.9 Å². The molecule has 3 atom stereocenters. The minimum Gasteiger partial charge on any atom is -0.493 e. The fourth-order valence-corrected chi connectivity index (χ4v) is 3.61. The van der Waals surface area contributed by atoms with Gasteiger partial charge < -0.3 is 25.1 Å². The summed E-state index contributed by atoms with van der Waals surface area (Å²) < 4.78 is 41.1. The van der Waals surface area contributed by atoms with Gasteiger partial charge in [0.05, 0.1) is 26.1 Å². The molecular weight excluding hydrogens is 444 g/mol. The number of aliphatic hydroxyl groups excluding tert-OH is 1. The van der Waals surface area contributed by atoms with Crippen LogP contribution in [0, 0.1) is 11.8 Å². The highest BCUT2D eigenvalue weighted by Gasteiger charge is 2.23. The average molecular weight is 483 g/mol. The molecule has 0 spiro atoms. The molecule has 0 aliphatic rings. The lowest BCUT2D eigenvalue weighted by atomic mass is 9.83. The lowest BCUT2D eigenvalue weighted by Crippen LogP contribution is -2.44. The molecule has 0 heterocycles. The van der Waals surface area contributed by atoms with Gasteiger partial charge in [-0.05, 0) is 42.4 Å². The quantitative estimate of drug-likeness (QED) is 0.327. The third kappa shape index (κ3) is 11.9. The maximum atomic E-state index is 11.2. The van der Waals surface area contributed by atoms with Crippen molar-refractivity contribution in [1.82, 2.24) is 4.72 Å². The van der Waals surface area contributed by atoms with Gasteiger partial charge in [0.15, 0.2) is 11.5 Å². The van der Waals surface area contributed by atoms with Crippen LogP contribution in [-0.4, -0.2) is 65.9 Å². The number of rotatable bonds is 15. The first-order valence-electron chi connectivity index (χ1n) is 10.2. The second-order valence-corrected chi connectivity index (χ2v) is 9.81. The van der Waals surface area contributed by atoms with Gasteiger partial charge in [0, 0.05) is 32.7 Å². The maximum absolute atomic E-state index is 11.2. The number of halogens is 1. The number of hydrogen-bond acceptors (Lipinski definition) is 7. The Bertz CT molecular complexity index is 733. The molecule has 0 aromatic heterocycles. The highest BCUT2D eigenvalue weighted by molar-refractivity contribution is 7.88. The van der Waals surface area contributed by atoms with Gasteiger partial charge in [0.25, 0.3) is 0 Å². The Hall–Kier alpha value is -1.10. The average Bonchev–Trinajstić information content (AvgIpc) is 2.68. The predicted octanol–water partition coefficient (Wildman–Crippen LogP) is 1.97. The van der Waals surface area contributed by atoms with Crippen molar-refractivity contribution in [3.8, 4) is 11.5 Å². The first kappa shape index (κ1) is 29.9. The molecule has 31 heavy (non-hydrogen) atoms. The summed E-state index contributed by atoms with van der Waals surface area (Å²) in [6, 6.07) is 5.34. The Morgan fingerprint density at radius 3 is 2.39 bits per heavy atom. The number of nitrogens with one attached hydrogen (secondary N) is 1. The van der Waals surface area contributed by atoms with Crippen LogP contribution in [-0.2, 0) is 21.2 Å². The van der Waals surface area contributed by atoms with E-state index in [1.165, 1.54) is 0 Å². The standard InChI is InChI=1S/C21H38N2O6S.ClH/c1-15(2)17(13-18(22)19(24)14-23-30(5,25)26)11-16-7-8-20(28-4)21(12-16)29-10-6-9-27-3;/h7-8,12,15,17-19,23-24H,6,9-11,13-14,22H2,1-5H3;1H. The topological polar surface area (TPSA) is 120 Å². The molecule has 0 saturated carbocycles. The van der Waals surface area contributed by atoms with Gasteiger partial charge in [0.1, 0.15) is 0 Å². The van der Waals surface area contributed by atoms with Crippen LogP contribution in [0.1, 0.15) is 32.3 Å². The molecule has 0 saturated heterocycles. The number of benzene rings is 1. The molecule has 0 amide bonds. The smallest absolute Gasteiger partial charge is 0.208 e. The lowest BCUT2D eigenvalue weighted by Gasteiger charge is -2.27. The molecule has 0 bridgehead atoms. The van der Waals surface area contributed by atoms with Crippen LogP contribution in [0.25, 0.3) is 0 Å². The summed E-state index contributed by atoms with van der Waals surface area (Å²) in [7, 11) is -0.0993. The number of nitrogens with two attached hydrogens (primary N) is 1. The summed E-state index contributed by atoms with van der Waals surface area (Å²) in [6.07, 6.45) is 2.22. The van der Waals surface area contributed by atoms with Gasteiger partial charge in [-0.1, -0.05) is 19.9 Å². The minimum atomic E-state index is -3.37. The van der Waals surface area contributed by atoms with E-state index in [0.717, 1.165) is 24.7 Å². The fourth-order valence-electron chi connectivity index (χ4n) is 3.14. The third-order valence-electron chi connectivity index (χ3n) is 5.04. The normalized spacial score (nSPS) is 14.6. The van der Waals surface area contributed by atoms with E-state index in [1.54, 1.807) is 14.2 Å². The molecule has 0 aliphatic heterocycles. The van der Waals surface area contributed by atoms with E-state index >= 15 is 0 Å². The van der Waals surface area contributed by atoms with Crippen LogP contribution in [0.2, 0.25) is 0 Å². The molecule has 182 valence electrons. The summed E-state index contributed by atoms with van der Waals surface area (Å²) in [6.45, 7) is 5.30. The van der Waals surface area contributed by atoms with Crippen molar-refractivity contribution in [3.63, 3.8) is 0 Å². The molecule has 1 aromatic rings. The van der Waals surface area contributed by atoms with Crippen molar-refractivity contribution in [2.45, 2.75) is 45.3 Å². The zero-order valence-electron chi connectivity index (χ0n) is 19.2. The SMILES string of the molecule is COCCCOc1cc(CC(CC(N)C(O)CNS(C)(=O)=O)C(C)C)ccc1OC.Cl. The van der Waals surface area contributed by atoms with E-state index in [1.807, 2.05) is 18.2 Å². The van der Waals surface area contributed by atoms with E-state index < -0.39 is 22.2 Å².